The molecule has 5 heteroatoms. The summed E-state index contributed by atoms with van der Waals surface area (Å²) in [6.07, 6.45) is 0.166. The second kappa shape index (κ2) is 7.07. The third-order valence-electron chi connectivity index (χ3n) is 2.28. The first-order valence-corrected chi connectivity index (χ1v) is 5.62. The van der Waals surface area contributed by atoms with Gasteiger partial charge >= 0.3 is 0 Å². The maximum absolute atomic E-state index is 11.7. The third kappa shape index (κ3) is 4.66. The van der Waals surface area contributed by atoms with Crippen molar-refractivity contribution < 1.29 is 9.59 Å². The summed E-state index contributed by atoms with van der Waals surface area (Å²) in [6.45, 7) is 2.15. The Balaban J connectivity index is 2.34. The predicted molar refractivity (Wildman–Crippen MR) is 66.8 cm³/mol. The monoisotopic (exact) mass is 245 g/mol. The summed E-state index contributed by atoms with van der Waals surface area (Å²) in [4.78, 5) is 22.9. The van der Waals surface area contributed by atoms with Gasteiger partial charge in [-0.2, -0.15) is 5.26 Å². The van der Waals surface area contributed by atoms with Crippen molar-refractivity contribution in [2.75, 3.05) is 13.1 Å². The second-order valence-corrected chi connectivity index (χ2v) is 3.81. The molecule has 0 aliphatic rings. The number of amides is 2. The molecule has 1 aromatic carbocycles. The highest BCUT2D eigenvalue weighted by atomic mass is 16.2. The van der Waals surface area contributed by atoms with Gasteiger partial charge in [-0.1, -0.05) is 17.7 Å². The van der Waals surface area contributed by atoms with E-state index in [1.165, 1.54) is 0 Å². The largest absolute Gasteiger partial charge is 0.352 e. The molecular formula is C13H15N3O2. The number of hydrogen-bond acceptors (Lipinski definition) is 3. The molecule has 0 fully saturated rings. The van der Waals surface area contributed by atoms with Crippen molar-refractivity contribution in [3.63, 3.8) is 0 Å². The van der Waals surface area contributed by atoms with E-state index in [-0.39, 0.29) is 31.3 Å². The quantitative estimate of drug-likeness (QED) is 0.751. The van der Waals surface area contributed by atoms with E-state index in [0.29, 0.717) is 5.56 Å². The molecule has 0 atom stereocenters. The highest BCUT2D eigenvalue weighted by Gasteiger charge is 2.06. The van der Waals surface area contributed by atoms with Gasteiger partial charge in [0.25, 0.3) is 5.91 Å². The first-order chi connectivity index (χ1) is 8.63. The van der Waals surface area contributed by atoms with E-state index in [9.17, 15) is 9.59 Å². The van der Waals surface area contributed by atoms with Gasteiger partial charge in [0.1, 0.15) is 6.54 Å². The number of carbonyl (C=O) groups is 2. The number of nitriles is 1. The van der Waals surface area contributed by atoms with E-state index in [0.717, 1.165) is 5.56 Å². The van der Waals surface area contributed by atoms with E-state index in [4.69, 9.17) is 5.26 Å². The Labute approximate surface area is 106 Å². The number of benzene rings is 1. The molecule has 0 aromatic heterocycles. The smallest absolute Gasteiger partial charge is 0.251 e. The lowest BCUT2D eigenvalue weighted by Crippen LogP contribution is -2.30. The van der Waals surface area contributed by atoms with Crippen LogP contribution < -0.4 is 10.6 Å². The van der Waals surface area contributed by atoms with Crippen molar-refractivity contribution in [3.05, 3.63) is 35.4 Å². The van der Waals surface area contributed by atoms with Gasteiger partial charge in [-0.05, 0) is 19.1 Å². The van der Waals surface area contributed by atoms with E-state index < -0.39 is 0 Å². The number of aryl methyl sites for hydroxylation is 1. The van der Waals surface area contributed by atoms with Crippen LogP contribution in [0.3, 0.4) is 0 Å². The minimum atomic E-state index is -0.249. The second-order valence-electron chi connectivity index (χ2n) is 3.81. The van der Waals surface area contributed by atoms with Gasteiger partial charge in [0.15, 0.2) is 0 Å². The van der Waals surface area contributed by atoms with E-state index in [1.807, 2.05) is 25.1 Å². The lowest BCUT2D eigenvalue weighted by Gasteiger charge is -2.05. The molecule has 0 heterocycles. The maximum atomic E-state index is 11.7. The van der Waals surface area contributed by atoms with E-state index >= 15 is 0 Å². The van der Waals surface area contributed by atoms with Crippen LogP contribution in [-0.2, 0) is 4.79 Å². The maximum Gasteiger partial charge on any atom is 0.251 e. The van der Waals surface area contributed by atoms with Gasteiger partial charge in [-0.3, -0.25) is 9.59 Å². The molecule has 2 N–H and O–H groups in total. The Morgan fingerprint density at radius 3 is 2.78 bits per heavy atom. The summed E-state index contributed by atoms with van der Waals surface area (Å²) >= 11 is 0. The molecule has 0 saturated carbocycles. The zero-order chi connectivity index (χ0) is 13.4. The molecular weight excluding hydrogens is 230 g/mol. The number of rotatable bonds is 5. The van der Waals surface area contributed by atoms with Crippen molar-refractivity contribution in [1.29, 1.82) is 5.26 Å². The highest BCUT2D eigenvalue weighted by molar-refractivity contribution is 5.94. The molecule has 1 aromatic rings. The molecule has 0 aliphatic heterocycles. The first-order valence-electron chi connectivity index (χ1n) is 5.62. The van der Waals surface area contributed by atoms with Crippen LogP contribution in [0.5, 0.6) is 0 Å². The fourth-order valence-electron chi connectivity index (χ4n) is 1.40. The Hall–Kier alpha value is -2.35. The molecule has 0 bridgehead atoms. The molecule has 1 rings (SSSR count). The Kier molecular flexibility index (Phi) is 5.39. The molecule has 2 amide bonds. The average Bonchev–Trinajstić information content (AvgIpc) is 2.36. The number of nitrogens with one attached hydrogen (secondary N) is 2. The lowest BCUT2D eigenvalue weighted by atomic mass is 10.1. The molecule has 0 unspecified atom stereocenters. The fraction of sp³-hybridized carbons (Fsp3) is 0.308. The van der Waals surface area contributed by atoms with Crippen LogP contribution in [0.25, 0.3) is 0 Å². The van der Waals surface area contributed by atoms with Crippen LogP contribution in [0.15, 0.2) is 24.3 Å². The number of carbonyl (C=O) groups excluding carboxylic acids is 2. The minimum absolute atomic E-state index is 0.00927. The van der Waals surface area contributed by atoms with Crippen molar-refractivity contribution in [2.24, 2.45) is 0 Å². The van der Waals surface area contributed by atoms with Crippen molar-refractivity contribution in [2.45, 2.75) is 13.3 Å². The molecule has 0 radical (unpaired) electrons. The molecule has 0 spiro atoms. The van der Waals surface area contributed by atoms with Gasteiger partial charge in [0.2, 0.25) is 5.91 Å². The standard InChI is InChI=1S/C13H15N3O2/c1-10-3-2-4-11(9-10)13(18)16-7-5-12(17)15-8-6-14/h2-4,9H,5,7-8H2,1H3,(H,15,17)(H,16,18). The van der Waals surface area contributed by atoms with E-state index in [1.54, 1.807) is 12.1 Å². The van der Waals surface area contributed by atoms with Gasteiger partial charge in [-0.25, -0.2) is 0 Å². The zero-order valence-electron chi connectivity index (χ0n) is 10.2. The van der Waals surface area contributed by atoms with Crippen molar-refractivity contribution in [3.8, 4) is 6.07 Å². The van der Waals surface area contributed by atoms with E-state index in [2.05, 4.69) is 10.6 Å². The topological polar surface area (TPSA) is 82.0 Å². The van der Waals surface area contributed by atoms with Crippen molar-refractivity contribution in [1.82, 2.24) is 10.6 Å². The van der Waals surface area contributed by atoms with Crippen LogP contribution in [0.4, 0.5) is 0 Å². The van der Waals surface area contributed by atoms with Gasteiger partial charge in [-0.15, -0.1) is 0 Å². The summed E-state index contributed by atoms with van der Waals surface area (Å²) in [7, 11) is 0. The minimum Gasteiger partial charge on any atom is -0.352 e. The summed E-state index contributed by atoms with van der Waals surface area (Å²) < 4.78 is 0. The Morgan fingerprint density at radius 1 is 1.33 bits per heavy atom. The number of nitrogens with zero attached hydrogens (tertiary/aromatic N) is 1. The molecule has 0 aliphatic carbocycles. The zero-order valence-corrected chi connectivity index (χ0v) is 10.2. The first kappa shape index (κ1) is 13.7. The molecule has 94 valence electrons. The van der Waals surface area contributed by atoms with Crippen LogP contribution in [-0.4, -0.2) is 24.9 Å². The Bertz CT molecular complexity index is 477. The average molecular weight is 245 g/mol. The van der Waals surface area contributed by atoms with Crippen LogP contribution in [0.1, 0.15) is 22.3 Å². The lowest BCUT2D eigenvalue weighted by molar-refractivity contribution is -0.120. The highest BCUT2D eigenvalue weighted by Crippen LogP contribution is 2.03. The summed E-state index contributed by atoms with van der Waals surface area (Å²) in [5.74, 6) is -0.451. The van der Waals surface area contributed by atoms with Crippen LogP contribution in [0, 0.1) is 18.3 Å². The summed E-state index contributed by atoms with van der Waals surface area (Å²) in [5.41, 5.74) is 1.59. The predicted octanol–water partition coefficient (Wildman–Crippen LogP) is 0.755. The van der Waals surface area contributed by atoms with Crippen LogP contribution in [0.2, 0.25) is 0 Å². The molecule has 5 nitrogen and oxygen atoms in total. The molecule has 0 saturated heterocycles. The van der Waals surface area contributed by atoms with Gasteiger partial charge < -0.3 is 10.6 Å². The Morgan fingerprint density at radius 2 is 2.11 bits per heavy atom. The normalized spacial score (nSPS) is 9.33. The van der Waals surface area contributed by atoms with Crippen molar-refractivity contribution >= 4 is 11.8 Å². The van der Waals surface area contributed by atoms with Gasteiger partial charge in [0.05, 0.1) is 6.07 Å². The summed E-state index contributed by atoms with van der Waals surface area (Å²) in [6, 6.07) is 9.03. The van der Waals surface area contributed by atoms with Crippen LogP contribution >= 0.6 is 0 Å². The fourth-order valence-corrected chi connectivity index (χ4v) is 1.40. The number of hydrogen-bond donors (Lipinski definition) is 2. The molecule has 18 heavy (non-hydrogen) atoms. The third-order valence-corrected chi connectivity index (χ3v) is 2.28. The van der Waals surface area contributed by atoms with Gasteiger partial charge in [0, 0.05) is 18.5 Å². The SMILES string of the molecule is Cc1cccc(C(=O)NCCC(=O)NCC#N)c1. The summed E-state index contributed by atoms with van der Waals surface area (Å²) in [5, 5.41) is 13.3.